The van der Waals surface area contributed by atoms with Crippen molar-refractivity contribution in [2.75, 3.05) is 50.5 Å². The Bertz CT molecular complexity index is 1010. The molecule has 2 aromatic rings. The maximum Gasteiger partial charge on any atom is 0.252 e. The Kier molecular flexibility index (Phi) is 8.05. The minimum absolute atomic E-state index is 0.0236. The van der Waals surface area contributed by atoms with Gasteiger partial charge in [-0.2, -0.15) is 4.31 Å². The number of carbonyl (C=O) groups is 1. The first-order valence-electron chi connectivity index (χ1n) is 9.90. The van der Waals surface area contributed by atoms with E-state index in [1.165, 1.54) is 10.4 Å². The molecule has 0 unspecified atom stereocenters. The monoisotopic (exact) mass is 485 g/mol. The Morgan fingerprint density at radius 1 is 1.06 bits per heavy atom. The van der Waals surface area contributed by atoms with Gasteiger partial charge >= 0.3 is 0 Å². The van der Waals surface area contributed by atoms with Gasteiger partial charge in [-0.15, -0.1) is 0 Å². The molecule has 1 heterocycles. The van der Waals surface area contributed by atoms with Crippen LogP contribution in [0.25, 0.3) is 0 Å². The van der Waals surface area contributed by atoms with Gasteiger partial charge in [-0.25, -0.2) is 8.42 Å². The zero-order valence-corrected chi connectivity index (χ0v) is 19.5. The number of anilines is 1. The molecule has 1 aliphatic heterocycles. The Labute approximate surface area is 192 Å². The van der Waals surface area contributed by atoms with Crippen LogP contribution >= 0.6 is 23.2 Å². The third-order valence-electron chi connectivity index (χ3n) is 5.11. The van der Waals surface area contributed by atoms with Gasteiger partial charge in [0.2, 0.25) is 10.0 Å². The first kappa shape index (κ1) is 23.7. The van der Waals surface area contributed by atoms with Crippen molar-refractivity contribution < 1.29 is 17.9 Å². The summed E-state index contributed by atoms with van der Waals surface area (Å²) in [6, 6.07) is 12.3. The second kappa shape index (κ2) is 10.5. The van der Waals surface area contributed by atoms with E-state index in [-0.39, 0.29) is 23.2 Å². The van der Waals surface area contributed by atoms with Gasteiger partial charge in [0.15, 0.2) is 0 Å². The average molecular weight is 486 g/mol. The molecule has 31 heavy (non-hydrogen) atoms. The van der Waals surface area contributed by atoms with Crippen LogP contribution in [0.15, 0.2) is 42.5 Å². The Morgan fingerprint density at radius 3 is 2.35 bits per heavy atom. The Morgan fingerprint density at radius 2 is 1.74 bits per heavy atom. The lowest BCUT2D eigenvalue weighted by Crippen LogP contribution is -2.49. The van der Waals surface area contributed by atoms with E-state index in [0.29, 0.717) is 43.2 Å². The number of carbonyl (C=O) groups excluding carboxylic acids is 1. The molecule has 1 saturated heterocycles. The van der Waals surface area contributed by atoms with Gasteiger partial charge in [0.05, 0.1) is 23.4 Å². The number of halogens is 2. The molecule has 3 rings (SSSR count). The normalized spacial score (nSPS) is 15.0. The molecule has 1 aliphatic rings. The number of methoxy groups -OCH3 is 1. The number of nitrogens with zero attached hydrogens (tertiary/aromatic N) is 2. The highest BCUT2D eigenvalue weighted by Gasteiger charge is 2.26. The van der Waals surface area contributed by atoms with E-state index in [1.54, 1.807) is 19.2 Å². The van der Waals surface area contributed by atoms with Crippen molar-refractivity contribution in [3.8, 4) is 5.75 Å². The van der Waals surface area contributed by atoms with Crippen LogP contribution in [0.3, 0.4) is 0 Å². The molecule has 10 heteroatoms. The minimum Gasteiger partial charge on any atom is -0.497 e. The molecule has 0 radical (unpaired) electrons. The molecule has 168 valence electrons. The SMILES string of the molecule is COc1ccc(N2CCN(S(=O)(=O)CCCNC(=O)c3ccc(Cl)cc3Cl)CC2)cc1. The van der Waals surface area contributed by atoms with Crippen LogP contribution in [-0.4, -0.2) is 64.2 Å². The van der Waals surface area contributed by atoms with Gasteiger partial charge in [0.1, 0.15) is 5.75 Å². The molecule has 0 aliphatic carbocycles. The summed E-state index contributed by atoms with van der Waals surface area (Å²) in [5, 5.41) is 3.41. The molecule has 0 saturated carbocycles. The quantitative estimate of drug-likeness (QED) is 0.580. The van der Waals surface area contributed by atoms with Gasteiger partial charge < -0.3 is 15.0 Å². The van der Waals surface area contributed by atoms with Crippen LogP contribution < -0.4 is 15.0 Å². The second-order valence-electron chi connectivity index (χ2n) is 7.13. The van der Waals surface area contributed by atoms with Crippen molar-refractivity contribution >= 4 is 44.8 Å². The number of hydrogen-bond donors (Lipinski definition) is 1. The molecule has 0 atom stereocenters. The van der Waals surface area contributed by atoms with Crippen molar-refractivity contribution in [1.82, 2.24) is 9.62 Å². The summed E-state index contributed by atoms with van der Waals surface area (Å²) in [6.45, 7) is 2.35. The van der Waals surface area contributed by atoms with Gasteiger partial charge in [-0.1, -0.05) is 23.2 Å². The topological polar surface area (TPSA) is 79.0 Å². The van der Waals surface area contributed by atoms with Gasteiger partial charge in [0, 0.05) is 43.4 Å². The summed E-state index contributed by atoms with van der Waals surface area (Å²) in [5.41, 5.74) is 1.35. The van der Waals surface area contributed by atoms with E-state index in [1.807, 2.05) is 24.3 Å². The summed E-state index contributed by atoms with van der Waals surface area (Å²) in [4.78, 5) is 14.4. The summed E-state index contributed by atoms with van der Waals surface area (Å²) < 4.78 is 32.0. The van der Waals surface area contributed by atoms with Crippen LogP contribution in [-0.2, 0) is 10.0 Å². The predicted octanol–water partition coefficient (Wildman–Crippen LogP) is 3.27. The molecule has 7 nitrogen and oxygen atoms in total. The van der Waals surface area contributed by atoms with Crippen molar-refractivity contribution in [2.45, 2.75) is 6.42 Å². The number of piperazine rings is 1. The summed E-state index contributed by atoms with van der Waals surface area (Å²) in [7, 11) is -1.76. The summed E-state index contributed by atoms with van der Waals surface area (Å²) in [5.74, 6) is 0.409. The first-order chi connectivity index (χ1) is 14.8. The van der Waals surface area contributed by atoms with E-state index in [9.17, 15) is 13.2 Å². The Hall–Kier alpha value is -2.00. The summed E-state index contributed by atoms with van der Waals surface area (Å²) >= 11 is 11.9. The Balaban J connectivity index is 1.44. The maximum absolute atomic E-state index is 12.7. The van der Waals surface area contributed by atoms with Crippen LogP contribution in [0, 0.1) is 0 Å². The summed E-state index contributed by atoms with van der Waals surface area (Å²) in [6.07, 6.45) is 0.317. The fraction of sp³-hybridized carbons (Fsp3) is 0.381. The van der Waals surface area contributed by atoms with Crippen molar-refractivity contribution in [3.05, 3.63) is 58.1 Å². The number of ether oxygens (including phenoxy) is 1. The lowest BCUT2D eigenvalue weighted by atomic mass is 10.2. The minimum atomic E-state index is -3.38. The number of hydrogen-bond acceptors (Lipinski definition) is 5. The van der Waals surface area contributed by atoms with E-state index in [4.69, 9.17) is 27.9 Å². The molecule has 0 bridgehead atoms. The van der Waals surface area contributed by atoms with Crippen LogP contribution in [0.2, 0.25) is 10.0 Å². The van der Waals surface area contributed by atoms with Crippen molar-refractivity contribution in [3.63, 3.8) is 0 Å². The van der Waals surface area contributed by atoms with E-state index in [0.717, 1.165) is 11.4 Å². The second-order valence-corrected chi connectivity index (χ2v) is 10.1. The van der Waals surface area contributed by atoms with E-state index in [2.05, 4.69) is 10.2 Å². The highest BCUT2D eigenvalue weighted by molar-refractivity contribution is 7.89. The van der Waals surface area contributed by atoms with E-state index < -0.39 is 10.0 Å². The lowest BCUT2D eigenvalue weighted by molar-refractivity contribution is 0.0954. The third-order valence-corrected chi connectivity index (χ3v) is 7.61. The maximum atomic E-state index is 12.7. The number of sulfonamides is 1. The molecular formula is C21H25Cl2N3O4S. The van der Waals surface area contributed by atoms with Crippen molar-refractivity contribution in [1.29, 1.82) is 0 Å². The molecule has 2 aromatic carbocycles. The van der Waals surface area contributed by atoms with Crippen LogP contribution in [0.4, 0.5) is 5.69 Å². The number of nitrogens with one attached hydrogen (secondary N) is 1. The number of rotatable bonds is 8. The average Bonchev–Trinajstić information content (AvgIpc) is 2.77. The largest absolute Gasteiger partial charge is 0.497 e. The highest BCUT2D eigenvalue weighted by Crippen LogP contribution is 2.22. The first-order valence-corrected chi connectivity index (χ1v) is 12.3. The fourth-order valence-electron chi connectivity index (χ4n) is 3.37. The lowest BCUT2D eigenvalue weighted by Gasteiger charge is -2.35. The predicted molar refractivity (Wildman–Crippen MR) is 124 cm³/mol. The van der Waals surface area contributed by atoms with Gasteiger partial charge in [-0.05, 0) is 48.9 Å². The number of benzene rings is 2. The molecule has 1 N–H and O–H groups in total. The van der Waals surface area contributed by atoms with Gasteiger partial charge in [-0.3, -0.25) is 4.79 Å². The molecular weight excluding hydrogens is 461 g/mol. The standard InChI is InChI=1S/C21H25Cl2N3O4S/c1-30-18-6-4-17(5-7-18)25-10-12-26(13-11-25)31(28,29)14-2-9-24-21(27)19-8-3-16(22)15-20(19)23/h3-8,15H,2,9-14H2,1H3,(H,24,27). The van der Waals surface area contributed by atoms with E-state index >= 15 is 0 Å². The molecule has 1 fully saturated rings. The zero-order valence-electron chi connectivity index (χ0n) is 17.2. The zero-order chi connectivity index (χ0) is 22.4. The smallest absolute Gasteiger partial charge is 0.252 e. The fourth-order valence-corrected chi connectivity index (χ4v) is 5.35. The third kappa shape index (κ3) is 6.26. The van der Waals surface area contributed by atoms with Crippen LogP contribution in [0.1, 0.15) is 16.8 Å². The molecule has 0 aromatic heterocycles. The molecule has 1 amide bonds. The van der Waals surface area contributed by atoms with Crippen LogP contribution in [0.5, 0.6) is 5.75 Å². The molecule has 0 spiro atoms. The highest BCUT2D eigenvalue weighted by atomic mass is 35.5. The number of amides is 1. The van der Waals surface area contributed by atoms with Crippen molar-refractivity contribution in [2.24, 2.45) is 0 Å². The van der Waals surface area contributed by atoms with Gasteiger partial charge in [0.25, 0.3) is 5.91 Å².